The standard InChI is InChI=1S/C10H5Br2NO2/c1-4-2-3-13-8-5(4)9(14)6(11)7(12)10(8)15/h2-3H,1H3. The topological polar surface area (TPSA) is 47.0 Å². The van der Waals surface area contributed by atoms with Crippen molar-refractivity contribution in [3.63, 3.8) is 0 Å². The van der Waals surface area contributed by atoms with E-state index in [1.54, 1.807) is 13.0 Å². The van der Waals surface area contributed by atoms with Gasteiger partial charge in [-0.15, -0.1) is 0 Å². The zero-order valence-electron chi connectivity index (χ0n) is 7.67. The molecule has 1 aliphatic rings. The molecule has 0 saturated carbocycles. The molecule has 15 heavy (non-hydrogen) atoms. The molecule has 0 unspecified atom stereocenters. The lowest BCUT2D eigenvalue weighted by Crippen LogP contribution is -2.20. The number of rotatable bonds is 0. The number of nitrogens with zero attached hydrogens (tertiary/aromatic N) is 1. The fraction of sp³-hybridized carbons (Fsp3) is 0.100. The molecule has 3 nitrogen and oxygen atoms in total. The Hall–Kier alpha value is -0.810. The van der Waals surface area contributed by atoms with Crippen molar-refractivity contribution in [3.8, 4) is 0 Å². The average Bonchev–Trinajstić information content (AvgIpc) is 2.23. The van der Waals surface area contributed by atoms with Crippen LogP contribution in [0.2, 0.25) is 0 Å². The molecule has 1 aliphatic carbocycles. The van der Waals surface area contributed by atoms with Gasteiger partial charge in [-0.3, -0.25) is 14.6 Å². The van der Waals surface area contributed by atoms with Crippen LogP contribution in [0.3, 0.4) is 0 Å². The highest BCUT2D eigenvalue weighted by molar-refractivity contribution is 9.14. The number of Topliss-reactive ketones (excluding diaryl/α,β-unsaturated/α-hetero) is 2. The van der Waals surface area contributed by atoms with E-state index in [0.29, 0.717) is 5.56 Å². The van der Waals surface area contributed by atoms with Gasteiger partial charge in [0.2, 0.25) is 11.6 Å². The van der Waals surface area contributed by atoms with Crippen molar-refractivity contribution in [1.82, 2.24) is 4.98 Å². The first-order valence-corrected chi connectivity index (χ1v) is 5.73. The first kappa shape index (κ1) is 10.7. The van der Waals surface area contributed by atoms with Gasteiger partial charge in [0.1, 0.15) is 5.69 Å². The number of ketones is 2. The summed E-state index contributed by atoms with van der Waals surface area (Å²) < 4.78 is 0.495. The smallest absolute Gasteiger partial charge is 0.220 e. The van der Waals surface area contributed by atoms with Crippen LogP contribution < -0.4 is 0 Å². The highest BCUT2D eigenvalue weighted by atomic mass is 79.9. The zero-order chi connectivity index (χ0) is 11.2. The molecular formula is C10H5Br2NO2. The van der Waals surface area contributed by atoms with Crippen LogP contribution in [-0.2, 0) is 0 Å². The predicted molar refractivity (Wildman–Crippen MR) is 62.5 cm³/mol. The number of aryl methyl sites for hydroxylation is 1. The van der Waals surface area contributed by atoms with Crippen LogP contribution in [0.4, 0.5) is 0 Å². The lowest BCUT2D eigenvalue weighted by Gasteiger charge is -2.14. The monoisotopic (exact) mass is 329 g/mol. The van der Waals surface area contributed by atoms with Crippen LogP contribution in [-0.4, -0.2) is 16.6 Å². The third-order valence-corrected chi connectivity index (χ3v) is 4.24. The molecule has 1 aromatic rings. The number of halogens is 2. The molecule has 0 aromatic carbocycles. The van der Waals surface area contributed by atoms with Gasteiger partial charge >= 0.3 is 0 Å². The summed E-state index contributed by atoms with van der Waals surface area (Å²) in [7, 11) is 0. The summed E-state index contributed by atoms with van der Waals surface area (Å²) in [5.74, 6) is -0.470. The van der Waals surface area contributed by atoms with Crippen molar-refractivity contribution in [2.24, 2.45) is 0 Å². The molecule has 0 amide bonds. The summed E-state index contributed by atoms with van der Waals surface area (Å²) >= 11 is 6.17. The van der Waals surface area contributed by atoms with Crippen molar-refractivity contribution < 1.29 is 9.59 Å². The van der Waals surface area contributed by atoms with Gasteiger partial charge in [0, 0.05) is 6.20 Å². The molecule has 0 aliphatic heterocycles. The SMILES string of the molecule is Cc1ccnc2c1C(=O)C(Br)=C(Br)C2=O. The quantitative estimate of drug-likeness (QED) is 0.735. The molecule has 0 N–H and O–H groups in total. The van der Waals surface area contributed by atoms with E-state index in [1.807, 2.05) is 0 Å². The molecule has 5 heteroatoms. The van der Waals surface area contributed by atoms with Crippen molar-refractivity contribution >= 4 is 43.4 Å². The summed E-state index contributed by atoms with van der Waals surface area (Å²) in [5.41, 5.74) is 1.36. The fourth-order valence-corrected chi connectivity index (χ4v) is 2.18. The first-order chi connectivity index (χ1) is 7.04. The summed E-state index contributed by atoms with van der Waals surface area (Å²) in [6, 6.07) is 1.71. The van der Waals surface area contributed by atoms with Gasteiger partial charge in [-0.05, 0) is 50.4 Å². The van der Waals surface area contributed by atoms with E-state index in [0.717, 1.165) is 5.56 Å². The van der Waals surface area contributed by atoms with Gasteiger partial charge in [0.25, 0.3) is 0 Å². The zero-order valence-corrected chi connectivity index (χ0v) is 10.8. The Kier molecular flexibility index (Phi) is 2.60. The highest BCUT2D eigenvalue weighted by Gasteiger charge is 2.31. The fourth-order valence-electron chi connectivity index (χ4n) is 1.43. The Morgan fingerprint density at radius 2 is 1.73 bits per heavy atom. The third kappa shape index (κ3) is 1.50. The third-order valence-electron chi connectivity index (χ3n) is 2.19. The van der Waals surface area contributed by atoms with E-state index in [2.05, 4.69) is 36.8 Å². The second-order valence-corrected chi connectivity index (χ2v) is 4.72. The molecule has 2 rings (SSSR count). The molecule has 0 saturated heterocycles. The highest BCUT2D eigenvalue weighted by Crippen LogP contribution is 2.32. The first-order valence-electron chi connectivity index (χ1n) is 4.14. The summed E-state index contributed by atoms with van der Waals surface area (Å²) in [5, 5.41) is 0. The van der Waals surface area contributed by atoms with Crippen LogP contribution in [0.5, 0.6) is 0 Å². The van der Waals surface area contributed by atoms with Crippen LogP contribution in [0.25, 0.3) is 0 Å². The molecule has 0 spiro atoms. The molecule has 76 valence electrons. The summed E-state index contributed by atoms with van der Waals surface area (Å²) in [6.45, 7) is 1.78. The number of carbonyl (C=O) groups is 2. The van der Waals surface area contributed by atoms with Crippen molar-refractivity contribution in [1.29, 1.82) is 0 Å². The van der Waals surface area contributed by atoms with Gasteiger partial charge in [-0.25, -0.2) is 0 Å². The van der Waals surface area contributed by atoms with E-state index in [1.165, 1.54) is 6.20 Å². The van der Waals surface area contributed by atoms with E-state index in [9.17, 15) is 9.59 Å². The average molecular weight is 331 g/mol. The number of aromatic nitrogens is 1. The lowest BCUT2D eigenvalue weighted by molar-refractivity contribution is 0.0985. The summed E-state index contributed by atoms with van der Waals surface area (Å²) in [6.07, 6.45) is 1.53. The molecular weight excluding hydrogens is 326 g/mol. The Labute approximate surface area is 103 Å². The van der Waals surface area contributed by atoms with Crippen LogP contribution in [0.15, 0.2) is 21.2 Å². The van der Waals surface area contributed by atoms with Crippen LogP contribution >= 0.6 is 31.9 Å². The second-order valence-electron chi connectivity index (χ2n) is 3.14. The maximum atomic E-state index is 11.9. The van der Waals surface area contributed by atoms with E-state index >= 15 is 0 Å². The number of fused-ring (bicyclic) bond motifs is 1. The lowest BCUT2D eigenvalue weighted by atomic mass is 9.96. The molecule has 0 bridgehead atoms. The Balaban J connectivity index is 2.79. The van der Waals surface area contributed by atoms with E-state index < -0.39 is 0 Å². The largest absolute Gasteiger partial charge is 0.288 e. The van der Waals surface area contributed by atoms with Gasteiger partial charge in [0.15, 0.2) is 0 Å². The second kappa shape index (κ2) is 3.64. The number of pyridine rings is 1. The number of carbonyl (C=O) groups excluding carboxylic acids is 2. The van der Waals surface area contributed by atoms with Gasteiger partial charge in [-0.1, -0.05) is 0 Å². The minimum absolute atomic E-state index is 0.206. The van der Waals surface area contributed by atoms with Crippen LogP contribution in [0, 0.1) is 6.92 Å². The summed E-state index contributed by atoms with van der Waals surface area (Å²) in [4.78, 5) is 27.6. The van der Waals surface area contributed by atoms with E-state index in [4.69, 9.17) is 0 Å². The number of hydrogen-bond donors (Lipinski definition) is 0. The van der Waals surface area contributed by atoms with E-state index in [-0.39, 0.29) is 26.2 Å². The van der Waals surface area contributed by atoms with Crippen molar-refractivity contribution in [2.75, 3.05) is 0 Å². The van der Waals surface area contributed by atoms with Crippen molar-refractivity contribution in [2.45, 2.75) is 6.92 Å². The number of allylic oxidation sites excluding steroid dienone is 2. The maximum absolute atomic E-state index is 11.9. The molecule has 1 aromatic heterocycles. The Morgan fingerprint density at radius 1 is 1.13 bits per heavy atom. The van der Waals surface area contributed by atoms with Crippen molar-refractivity contribution in [3.05, 3.63) is 38.0 Å². The van der Waals surface area contributed by atoms with Gasteiger partial charge in [0.05, 0.1) is 14.5 Å². The molecule has 0 fully saturated rings. The molecule has 0 atom stereocenters. The minimum Gasteiger partial charge on any atom is -0.288 e. The Bertz CT molecular complexity index is 520. The minimum atomic E-state index is -0.264. The Morgan fingerprint density at radius 3 is 2.40 bits per heavy atom. The number of hydrogen-bond acceptors (Lipinski definition) is 3. The predicted octanol–water partition coefficient (Wildman–Crippen LogP) is 2.77. The normalized spacial score (nSPS) is 15.7. The maximum Gasteiger partial charge on any atom is 0.220 e. The van der Waals surface area contributed by atoms with Crippen LogP contribution in [0.1, 0.15) is 26.4 Å². The molecule has 1 heterocycles. The molecule has 0 radical (unpaired) electrons. The van der Waals surface area contributed by atoms with Gasteiger partial charge < -0.3 is 0 Å². The van der Waals surface area contributed by atoms with Gasteiger partial charge in [-0.2, -0.15) is 0 Å².